The fourth-order valence-corrected chi connectivity index (χ4v) is 1.85. The SMILES string of the molecule is COC(=O)CCC(N)C(O)c1cc(C)ccc1C. The number of hydrogen-bond acceptors (Lipinski definition) is 4. The zero-order valence-corrected chi connectivity index (χ0v) is 11.1. The van der Waals surface area contributed by atoms with Gasteiger partial charge >= 0.3 is 5.97 Å². The van der Waals surface area contributed by atoms with Gasteiger partial charge < -0.3 is 15.6 Å². The molecule has 4 nitrogen and oxygen atoms in total. The molecular weight excluding hydrogens is 230 g/mol. The van der Waals surface area contributed by atoms with E-state index >= 15 is 0 Å². The van der Waals surface area contributed by atoms with Gasteiger partial charge in [-0.05, 0) is 31.4 Å². The predicted molar refractivity (Wildman–Crippen MR) is 70.1 cm³/mol. The minimum absolute atomic E-state index is 0.222. The fourth-order valence-electron chi connectivity index (χ4n) is 1.85. The smallest absolute Gasteiger partial charge is 0.305 e. The Kier molecular flexibility index (Phi) is 5.31. The summed E-state index contributed by atoms with van der Waals surface area (Å²) < 4.78 is 4.55. The van der Waals surface area contributed by atoms with Gasteiger partial charge in [-0.2, -0.15) is 0 Å². The van der Waals surface area contributed by atoms with E-state index in [4.69, 9.17) is 5.73 Å². The number of rotatable bonds is 5. The van der Waals surface area contributed by atoms with Crippen LogP contribution in [0.5, 0.6) is 0 Å². The number of carbonyl (C=O) groups excluding carboxylic acids is 1. The molecule has 0 radical (unpaired) electrons. The minimum atomic E-state index is -0.755. The van der Waals surface area contributed by atoms with Crippen molar-refractivity contribution in [3.05, 3.63) is 34.9 Å². The molecule has 100 valence electrons. The van der Waals surface area contributed by atoms with Crippen molar-refractivity contribution in [1.82, 2.24) is 0 Å². The summed E-state index contributed by atoms with van der Waals surface area (Å²) in [7, 11) is 1.34. The van der Waals surface area contributed by atoms with Crippen LogP contribution in [0, 0.1) is 13.8 Å². The Balaban J connectivity index is 2.70. The number of aliphatic hydroxyl groups is 1. The minimum Gasteiger partial charge on any atom is -0.469 e. The monoisotopic (exact) mass is 251 g/mol. The molecule has 0 saturated heterocycles. The zero-order valence-electron chi connectivity index (χ0n) is 11.1. The molecule has 2 unspecified atom stereocenters. The van der Waals surface area contributed by atoms with Crippen molar-refractivity contribution in [3.8, 4) is 0 Å². The number of ether oxygens (including phenoxy) is 1. The number of esters is 1. The summed E-state index contributed by atoms with van der Waals surface area (Å²) in [4.78, 5) is 11.0. The lowest BCUT2D eigenvalue weighted by molar-refractivity contribution is -0.140. The molecular formula is C14H21NO3. The van der Waals surface area contributed by atoms with Crippen molar-refractivity contribution in [1.29, 1.82) is 0 Å². The molecule has 0 saturated carbocycles. The third-order valence-electron chi connectivity index (χ3n) is 3.07. The first-order chi connectivity index (χ1) is 8.45. The lowest BCUT2D eigenvalue weighted by Gasteiger charge is -2.21. The fraction of sp³-hybridized carbons (Fsp3) is 0.500. The van der Waals surface area contributed by atoms with Crippen LogP contribution in [0.2, 0.25) is 0 Å². The molecule has 0 aromatic heterocycles. The van der Waals surface area contributed by atoms with Crippen molar-refractivity contribution >= 4 is 5.97 Å². The summed E-state index contributed by atoms with van der Waals surface area (Å²) in [5, 5.41) is 10.2. The molecule has 1 aromatic rings. The first-order valence-electron chi connectivity index (χ1n) is 6.03. The van der Waals surface area contributed by atoms with E-state index in [1.54, 1.807) is 0 Å². The summed E-state index contributed by atoms with van der Waals surface area (Å²) >= 11 is 0. The summed E-state index contributed by atoms with van der Waals surface area (Å²) in [6, 6.07) is 5.41. The second kappa shape index (κ2) is 6.52. The highest BCUT2D eigenvalue weighted by molar-refractivity contribution is 5.69. The quantitative estimate of drug-likeness (QED) is 0.780. The number of aryl methyl sites for hydroxylation is 2. The van der Waals surface area contributed by atoms with Gasteiger partial charge in [0, 0.05) is 12.5 Å². The van der Waals surface area contributed by atoms with Crippen molar-refractivity contribution in [2.45, 2.75) is 38.8 Å². The lowest BCUT2D eigenvalue weighted by atomic mass is 9.94. The van der Waals surface area contributed by atoms with Crippen LogP contribution >= 0.6 is 0 Å². The van der Waals surface area contributed by atoms with Crippen molar-refractivity contribution in [2.75, 3.05) is 7.11 Å². The summed E-state index contributed by atoms with van der Waals surface area (Å²) in [6.45, 7) is 3.90. The van der Waals surface area contributed by atoms with Gasteiger partial charge in [-0.1, -0.05) is 23.8 Å². The number of hydrogen-bond donors (Lipinski definition) is 2. The molecule has 0 aliphatic carbocycles. The molecule has 0 aliphatic rings. The van der Waals surface area contributed by atoms with Crippen LogP contribution in [-0.2, 0) is 9.53 Å². The molecule has 1 aromatic carbocycles. The molecule has 2 atom stereocenters. The molecule has 0 fully saturated rings. The molecule has 0 heterocycles. The highest BCUT2D eigenvalue weighted by atomic mass is 16.5. The van der Waals surface area contributed by atoms with E-state index in [1.807, 2.05) is 32.0 Å². The molecule has 1 rings (SSSR count). The second-order valence-corrected chi connectivity index (χ2v) is 4.58. The Morgan fingerprint density at radius 3 is 2.72 bits per heavy atom. The highest BCUT2D eigenvalue weighted by Crippen LogP contribution is 2.23. The molecule has 18 heavy (non-hydrogen) atoms. The Morgan fingerprint density at radius 1 is 1.44 bits per heavy atom. The van der Waals surface area contributed by atoms with Crippen LogP contribution in [0.4, 0.5) is 0 Å². The molecule has 4 heteroatoms. The van der Waals surface area contributed by atoms with Crippen LogP contribution in [0.15, 0.2) is 18.2 Å². The highest BCUT2D eigenvalue weighted by Gasteiger charge is 2.19. The Labute approximate surface area is 108 Å². The van der Waals surface area contributed by atoms with Crippen molar-refractivity contribution in [2.24, 2.45) is 5.73 Å². The van der Waals surface area contributed by atoms with E-state index in [1.165, 1.54) is 7.11 Å². The number of methoxy groups -OCH3 is 1. The van der Waals surface area contributed by atoms with Gasteiger partial charge in [0.2, 0.25) is 0 Å². The van der Waals surface area contributed by atoms with Crippen LogP contribution < -0.4 is 5.73 Å². The third-order valence-corrected chi connectivity index (χ3v) is 3.07. The van der Waals surface area contributed by atoms with E-state index in [0.717, 1.165) is 16.7 Å². The van der Waals surface area contributed by atoms with Crippen molar-refractivity contribution < 1.29 is 14.6 Å². The Morgan fingerprint density at radius 2 is 2.11 bits per heavy atom. The second-order valence-electron chi connectivity index (χ2n) is 4.58. The number of benzene rings is 1. The maximum absolute atomic E-state index is 11.0. The van der Waals surface area contributed by atoms with Gasteiger partial charge in [-0.15, -0.1) is 0 Å². The summed E-state index contributed by atoms with van der Waals surface area (Å²) in [6.07, 6.45) is -0.129. The van der Waals surface area contributed by atoms with Crippen molar-refractivity contribution in [3.63, 3.8) is 0 Å². The van der Waals surface area contributed by atoms with Crippen LogP contribution in [0.3, 0.4) is 0 Å². The normalized spacial score (nSPS) is 14.1. The van der Waals surface area contributed by atoms with E-state index < -0.39 is 12.1 Å². The molecule has 3 N–H and O–H groups in total. The first-order valence-corrected chi connectivity index (χ1v) is 6.03. The zero-order chi connectivity index (χ0) is 13.7. The predicted octanol–water partition coefficient (Wildman–Crippen LogP) is 1.62. The average molecular weight is 251 g/mol. The van der Waals surface area contributed by atoms with E-state index in [2.05, 4.69) is 4.74 Å². The summed E-state index contributed by atoms with van der Waals surface area (Å²) in [5.74, 6) is -0.307. The first kappa shape index (κ1) is 14.7. The Hall–Kier alpha value is -1.39. The van der Waals surface area contributed by atoms with Crippen LogP contribution in [0.1, 0.15) is 35.6 Å². The lowest BCUT2D eigenvalue weighted by Crippen LogP contribution is -2.29. The van der Waals surface area contributed by atoms with Gasteiger partial charge in [0.25, 0.3) is 0 Å². The van der Waals surface area contributed by atoms with E-state index in [-0.39, 0.29) is 12.4 Å². The largest absolute Gasteiger partial charge is 0.469 e. The number of aliphatic hydroxyl groups excluding tert-OH is 1. The van der Waals surface area contributed by atoms with Gasteiger partial charge in [0.15, 0.2) is 0 Å². The molecule has 0 aliphatic heterocycles. The van der Waals surface area contributed by atoms with Crippen LogP contribution in [0.25, 0.3) is 0 Å². The van der Waals surface area contributed by atoms with Gasteiger partial charge in [0.1, 0.15) is 0 Å². The van der Waals surface area contributed by atoms with E-state index in [0.29, 0.717) is 6.42 Å². The maximum Gasteiger partial charge on any atom is 0.305 e. The third kappa shape index (κ3) is 3.82. The van der Waals surface area contributed by atoms with E-state index in [9.17, 15) is 9.90 Å². The molecule has 0 spiro atoms. The van der Waals surface area contributed by atoms with Gasteiger partial charge in [-0.3, -0.25) is 4.79 Å². The Bertz CT molecular complexity index is 418. The number of nitrogens with two attached hydrogens (primary N) is 1. The maximum atomic E-state index is 11.0. The van der Waals surface area contributed by atoms with Gasteiger partial charge in [-0.25, -0.2) is 0 Å². The molecule has 0 amide bonds. The summed E-state index contributed by atoms with van der Waals surface area (Å²) in [5.41, 5.74) is 8.82. The van der Waals surface area contributed by atoms with Crippen LogP contribution in [-0.4, -0.2) is 24.2 Å². The standard InChI is InChI=1S/C14H21NO3/c1-9-4-5-10(2)11(8-9)14(17)12(15)6-7-13(16)18-3/h4-5,8,12,14,17H,6-7,15H2,1-3H3. The average Bonchev–Trinajstić information content (AvgIpc) is 2.37. The van der Waals surface area contributed by atoms with Gasteiger partial charge in [0.05, 0.1) is 13.2 Å². The number of carbonyl (C=O) groups is 1. The topological polar surface area (TPSA) is 72.5 Å². The molecule has 0 bridgehead atoms.